The van der Waals surface area contributed by atoms with Crippen LogP contribution in [0.3, 0.4) is 0 Å². The van der Waals surface area contributed by atoms with E-state index in [9.17, 15) is 0 Å². The highest BCUT2D eigenvalue weighted by Crippen LogP contribution is 2.40. The van der Waals surface area contributed by atoms with Gasteiger partial charge in [-0.2, -0.15) is 0 Å². The Morgan fingerprint density at radius 3 is 2.48 bits per heavy atom. The van der Waals surface area contributed by atoms with Crippen LogP contribution in [0, 0.1) is 0 Å². The average molecular weight is 498 g/mol. The van der Waals surface area contributed by atoms with Crippen LogP contribution < -0.4 is 5.73 Å². The zero-order valence-corrected chi connectivity index (χ0v) is 18.2. The quantitative estimate of drug-likeness (QED) is 0.381. The lowest BCUT2D eigenvalue weighted by atomic mass is 9.74. The molecular weight excluding hydrogens is 472 g/mol. The first-order valence-electron chi connectivity index (χ1n) is 8.69. The van der Waals surface area contributed by atoms with Gasteiger partial charge in [-0.15, -0.1) is 24.0 Å². The number of nitrogens with two attached hydrogens (primary N) is 1. The van der Waals surface area contributed by atoms with Crippen LogP contribution in [-0.2, 0) is 10.2 Å². The number of rotatable bonds is 3. The Balaban J connectivity index is 0.00000225. The number of guanidine groups is 1. The van der Waals surface area contributed by atoms with E-state index in [-0.39, 0.29) is 29.4 Å². The topological polar surface area (TPSA) is 50.9 Å². The standard InChI is InChI=1S/C18H25Cl2N3O.HI/c19-14-4-5-15(16(20)12-14)18(6-10-24-11-7-18)13-22-17(21)23-8-2-1-3-9-23;/h4-5,12H,1-3,6-11,13H2,(H2,21,22);1H. The largest absolute Gasteiger partial charge is 0.381 e. The molecule has 1 aromatic rings. The molecule has 0 aliphatic carbocycles. The van der Waals surface area contributed by atoms with Gasteiger partial charge in [-0.05, 0) is 49.8 Å². The van der Waals surface area contributed by atoms with Crippen molar-refractivity contribution in [2.24, 2.45) is 10.7 Å². The fourth-order valence-corrected chi connectivity index (χ4v) is 4.26. The van der Waals surface area contributed by atoms with Gasteiger partial charge in [0.25, 0.3) is 0 Å². The highest BCUT2D eigenvalue weighted by Gasteiger charge is 2.36. The van der Waals surface area contributed by atoms with E-state index < -0.39 is 0 Å². The Morgan fingerprint density at radius 1 is 1.16 bits per heavy atom. The first kappa shape index (κ1) is 21.1. The van der Waals surface area contributed by atoms with Gasteiger partial charge in [0.05, 0.1) is 6.54 Å². The summed E-state index contributed by atoms with van der Waals surface area (Å²) in [5.74, 6) is 0.658. The van der Waals surface area contributed by atoms with Crippen LogP contribution >= 0.6 is 47.2 Å². The molecule has 0 atom stereocenters. The summed E-state index contributed by atoms with van der Waals surface area (Å²) in [6, 6.07) is 5.74. The normalized spacial score (nSPS) is 20.9. The molecular formula is C18H26Cl2IN3O. The Labute approximate surface area is 177 Å². The molecule has 25 heavy (non-hydrogen) atoms. The molecule has 0 saturated carbocycles. The lowest BCUT2D eigenvalue weighted by Gasteiger charge is -2.37. The van der Waals surface area contributed by atoms with Crippen LogP contribution in [0.2, 0.25) is 10.0 Å². The molecule has 0 amide bonds. The SMILES string of the molecule is I.NC(=NCC1(c2ccc(Cl)cc2Cl)CCOCC1)N1CCCCC1. The lowest BCUT2D eigenvalue weighted by Crippen LogP contribution is -2.43. The van der Waals surface area contributed by atoms with Crippen LogP contribution in [0.4, 0.5) is 0 Å². The molecule has 2 saturated heterocycles. The second-order valence-corrected chi connectivity index (χ2v) is 7.58. The summed E-state index contributed by atoms with van der Waals surface area (Å²) in [7, 11) is 0. The lowest BCUT2D eigenvalue weighted by molar-refractivity contribution is 0.0530. The predicted molar refractivity (Wildman–Crippen MR) is 116 cm³/mol. The van der Waals surface area contributed by atoms with Crippen molar-refractivity contribution >= 4 is 53.1 Å². The van der Waals surface area contributed by atoms with Gasteiger partial charge in [0.1, 0.15) is 0 Å². The summed E-state index contributed by atoms with van der Waals surface area (Å²) >= 11 is 12.6. The van der Waals surface area contributed by atoms with Crippen molar-refractivity contribution in [1.82, 2.24) is 4.90 Å². The number of likely N-dealkylation sites (tertiary alicyclic amines) is 1. The van der Waals surface area contributed by atoms with E-state index >= 15 is 0 Å². The number of ether oxygens (including phenoxy) is 1. The summed E-state index contributed by atoms with van der Waals surface area (Å²) in [4.78, 5) is 6.95. The van der Waals surface area contributed by atoms with Crippen LogP contribution in [0.25, 0.3) is 0 Å². The predicted octanol–water partition coefficient (Wildman–Crippen LogP) is 4.46. The van der Waals surface area contributed by atoms with Crippen molar-refractivity contribution in [3.63, 3.8) is 0 Å². The van der Waals surface area contributed by atoms with E-state index in [4.69, 9.17) is 38.7 Å². The van der Waals surface area contributed by atoms with Crippen molar-refractivity contribution in [3.8, 4) is 0 Å². The molecule has 0 aromatic heterocycles. The van der Waals surface area contributed by atoms with E-state index in [1.54, 1.807) is 0 Å². The molecule has 2 N–H and O–H groups in total. The minimum atomic E-state index is -0.125. The molecule has 2 heterocycles. The molecule has 0 radical (unpaired) electrons. The third-order valence-electron chi connectivity index (χ3n) is 5.18. The van der Waals surface area contributed by atoms with Crippen LogP contribution in [-0.4, -0.2) is 43.7 Å². The number of hydrogen-bond acceptors (Lipinski definition) is 2. The summed E-state index contributed by atoms with van der Waals surface area (Å²) < 4.78 is 5.57. The summed E-state index contributed by atoms with van der Waals surface area (Å²) in [5, 5.41) is 1.36. The fraction of sp³-hybridized carbons (Fsp3) is 0.611. The van der Waals surface area contributed by atoms with Gasteiger partial charge >= 0.3 is 0 Å². The average Bonchev–Trinajstić information content (AvgIpc) is 2.61. The van der Waals surface area contributed by atoms with E-state index in [0.29, 0.717) is 22.5 Å². The van der Waals surface area contributed by atoms with E-state index in [1.807, 2.05) is 18.2 Å². The Hall–Kier alpha value is -0.240. The van der Waals surface area contributed by atoms with Crippen LogP contribution in [0.1, 0.15) is 37.7 Å². The van der Waals surface area contributed by atoms with Crippen LogP contribution in [0.5, 0.6) is 0 Å². The van der Waals surface area contributed by atoms with Gasteiger partial charge in [0.15, 0.2) is 5.96 Å². The molecule has 2 aliphatic rings. The van der Waals surface area contributed by atoms with Gasteiger partial charge < -0.3 is 15.4 Å². The maximum atomic E-state index is 6.50. The van der Waals surface area contributed by atoms with E-state index in [0.717, 1.165) is 44.7 Å². The molecule has 7 heteroatoms. The fourth-order valence-electron chi connectivity index (χ4n) is 3.65. The molecule has 0 bridgehead atoms. The van der Waals surface area contributed by atoms with E-state index in [2.05, 4.69) is 4.90 Å². The number of piperidine rings is 1. The molecule has 4 nitrogen and oxygen atoms in total. The third kappa shape index (κ3) is 5.15. The van der Waals surface area contributed by atoms with Crippen molar-refractivity contribution in [3.05, 3.63) is 33.8 Å². The second-order valence-electron chi connectivity index (χ2n) is 6.74. The van der Waals surface area contributed by atoms with E-state index in [1.165, 1.54) is 19.3 Å². The molecule has 0 unspecified atom stereocenters. The van der Waals surface area contributed by atoms with Gasteiger partial charge in [-0.25, -0.2) is 0 Å². The summed E-state index contributed by atoms with van der Waals surface area (Å²) in [6.07, 6.45) is 5.46. The minimum Gasteiger partial charge on any atom is -0.381 e. The van der Waals surface area contributed by atoms with Crippen LogP contribution in [0.15, 0.2) is 23.2 Å². The van der Waals surface area contributed by atoms with Gasteiger partial charge in [-0.1, -0.05) is 29.3 Å². The number of hydrogen-bond donors (Lipinski definition) is 1. The molecule has 140 valence electrons. The third-order valence-corrected chi connectivity index (χ3v) is 5.72. The minimum absolute atomic E-state index is 0. The molecule has 3 rings (SSSR count). The van der Waals surface area contributed by atoms with Gasteiger partial charge in [0.2, 0.25) is 0 Å². The Morgan fingerprint density at radius 2 is 1.84 bits per heavy atom. The highest BCUT2D eigenvalue weighted by molar-refractivity contribution is 14.0. The number of benzene rings is 1. The zero-order valence-electron chi connectivity index (χ0n) is 14.3. The summed E-state index contributed by atoms with van der Waals surface area (Å²) in [6.45, 7) is 4.09. The van der Waals surface area contributed by atoms with Crippen molar-refractivity contribution in [2.75, 3.05) is 32.8 Å². The molecule has 2 fully saturated rings. The number of aliphatic imine (C=N–C) groups is 1. The van der Waals surface area contributed by atoms with Gasteiger partial charge in [0, 0.05) is 41.8 Å². The zero-order chi connectivity index (χ0) is 17.0. The first-order valence-corrected chi connectivity index (χ1v) is 9.44. The Kier molecular flexibility index (Phi) is 8.11. The van der Waals surface area contributed by atoms with Crippen molar-refractivity contribution < 1.29 is 4.74 Å². The second kappa shape index (κ2) is 9.62. The molecule has 2 aliphatic heterocycles. The number of halogens is 3. The Bertz CT molecular complexity index is 600. The van der Waals surface area contributed by atoms with Crippen molar-refractivity contribution in [2.45, 2.75) is 37.5 Å². The first-order chi connectivity index (χ1) is 11.6. The molecule has 1 aromatic carbocycles. The maximum absolute atomic E-state index is 6.50. The maximum Gasteiger partial charge on any atom is 0.191 e. The van der Waals surface area contributed by atoms with Crippen molar-refractivity contribution in [1.29, 1.82) is 0 Å². The van der Waals surface area contributed by atoms with Gasteiger partial charge in [-0.3, -0.25) is 4.99 Å². The summed E-state index contributed by atoms with van der Waals surface area (Å²) in [5.41, 5.74) is 7.23. The highest BCUT2D eigenvalue weighted by atomic mass is 127. The monoisotopic (exact) mass is 497 g/mol. The number of nitrogens with zero attached hydrogens (tertiary/aromatic N) is 2. The smallest absolute Gasteiger partial charge is 0.191 e. The molecule has 0 spiro atoms.